The first-order chi connectivity index (χ1) is 7.70. The summed E-state index contributed by atoms with van der Waals surface area (Å²) in [4.78, 5) is 6.58. The zero-order valence-corrected chi connectivity index (χ0v) is 10.2. The monoisotopic (exact) mass is 237 g/mol. The van der Waals surface area contributed by atoms with E-state index in [-0.39, 0.29) is 0 Å². The molecule has 1 aliphatic heterocycles. The predicted molar refractivity (Wildman–Crippen MR) is 67.7 cm³/mol. The number of anilines is 1. The predicted octanol–water partition coefficient (Wildman–Crippen LogP) is 2.35. The van der Waals surface area contributed by atoms with Crippen LogP contribution >= 0.6 is 11.6 Å². The molecule has 0 spiro atoms. The lowest BCUT2D eigenvalue weighted by Crippen LogP contribution is -2.29. The largest absolute Gasteiger partial charge is 0.353 e. The van der Waals surface area contributed by atoms with Crippen LogP contribution in [-0.2, 0) is 6.54 Å². The standard InChI is InChI=1S/C12H16ClN3/c1-9-2-4-16(5-3-9)12-6-10(7-14)11(13)8-15-12/h2,6,8H,3-5,7,14H2,1H3. The Labute approximate surface area is 101 Å². The molecule has 0 radical (unpaired) electrons. The van der Waals surface area contributed by atoms with Crippen molar-refractivity contribution < 1.29 is 0 Å². The first-order valence-corrected chi connectivity index (χ1v) is 5.83. The minimum absolute atomic E-state index is 0.455. The number of aromatic nitrogens is 1. The van der Waals surface area contributed by atoms with E-state index in [1.165, 1.54) is 5.57 Å². The highest BCUT2D eigenvalue weighted by Gasteiger charge is 2.12. The second-order valence-corrected chi connectivity index (χ2v) is 4.49. The first kappa shape index (κ1) is 11.4. The fourth-order valence-electron chi connectivity index (χ4n) is 1.78. The summed E-state index contributed by atoms with van der Waals surface area (Å²) in [5.74, 6) is 0.966. The molecular formula is C12H16ClN3. The van der Waals surface area contributed by atoms with Crippen molar-refractivity contribution in [1.29, 1.82) is 0 Å². The molecule has 16 heavy (non-hydrogen) atoms. The van der Waals surface area contributed by atoms with E-state index in [1.54, 1.807) is 6.20 Å². The number of hydrogen-bond donors (Lipinski definition) is 1. The summed E-state index contributed by atoms with van der Waals surface area (Å²) in [5.41, 5.74) is 8.03. The van der Waals surface area contributed by atoms with Crippen molar-refractivity contribution >= 4 is 17.4 Å². The van der Waals surface area contributed by atoms with Crippen LogP contribution in [0.3, 0.4) is 0 Å². The Morgan fingerprint density at radius 1 is 1.56 bits per heavy atom. The van der Waals surface area contributed by atoms with Crippen LogP contribution in [0.5, 0.6) is 0 Å². The molecule has 2 rings (SSSR count). The molecule has 0 aliphatic carbocycles. The van der Waals surface area contributed by atoms with Crippen LogP contribution in [0.15, 0.2) is 23.9 Å². The lowest BCUT2D eigenvalue weighted by atomic mass is 10.1. The Morgan fingerprint density at radius 2 is 2.38 bits per heavy atom. The number of nitrogens with two attached hydrogens (primary N) is 1. The molecule has 4 heteroatoms. The van der Waals surface area contributed by atoms with Gasteiger partial charge in [0.05, 0.1) is 5.02 Å². The molecule has 0 bridgehead atoms. The Balaban J connectivity index is 2.21. The Bertz CT molecular complexity index is 415. The molecule has 1 aromatic heterocycles. The normalized spacial score (nSPS) is 16.2. The quantitative estimate of drug-likeness (QED) is 0.803. The highest BCUT2D eigenvalue weighted by atomic mass is 35.5. The van der Waals surface area contributed by atoms with E-state index in [9.17, 15) is 0 Å². The van der Waals surface area contributed by atoms with E-state index in [0.29, 0.717) is 11.6 Å². The summed E-state index contributed by atoms with van der Waals surface area (Å²) in [6.45, 7) is 4.56. The van der Waals surface area contributed by atoms with Gasteiger partial charge in [0.25, 0.3) is 0 Å². The van der Waals surface area contributed by atoms with Crippen LogP contribution in [0, 0.1) is 0 Å². The smallest absolute Gasteiger partial charge is 0.129 e. The van der Waals surface area contributed by atoms with E-state index in [1.807, 2.05) is 6.07 Å². The topological polar surface area (TPSA) is 42.1 Å². The number of nitrogens with zero attached hydrogens (tertiary/aromatic N) is 2. The minimum Gasteiger partial charge on any atom is -0.353 e. The van der Waals surface area contributed by atoms with E-state index >= 15 is 0 Å². The summed E-state index contributed by atoms with van der Waals surface area (Å²) in [7, 11) is 0. The van der Waals surface area contributed by atoms with Crippen LogP contribution in [0.1, 0.15) is 18.9 Å². The van der Waals surface area contributed by atoms with Gasteiger partial charge in [-0.05, 0) is 25.0 Å². The van der Waals surface area contributed by atoms with Crippen molar-refractivity contribution in [1.82, 2.24) is 4.98 Å². The van der Waals surface area contributed by atoms with Crippen molar-refractivity contribution in [3.63, 3.8) is 0 Å². The van der Waals surface area contributed by atoms with E-state index in [0.717, 1.165) is 30.9 Å². The van der Waals surface area contributed by atoms with Crippen LogP contribution in [0.25, 0.3) is 0 Å². The summed E-state index contributed by atoms with van der Waals surface area (Å²) in [6, 6.07) is 1.98. The molecule has 0 saturated heterocycles. The van der Waals surface area contributed by atoms with Gasteiger partial charge in [0.2, 0.25) is 0 Å². The molecule has 0 saturated carbocycles. The summed E-state index contributed by atoms with van der Waals surface area (Å²) >= 11 is 5.99. The number of hydrogen-bond acceptors (Lipinski definition) is 3. The third-order valence-corrected chi connectivity index (χ3v) is 3.24. The maximum absolute atomic E-state index is 5.99. The van der Waals surface area contributed by atoms with E-state index in [4.69, 9.17) is 17.3 Å². The lowest BCUT2D eigenvalue weighted by molar-refractivity contribution is 0.774. The van der Waals surface area contributed by atoms with Gasteiger partial charge in [-0.15, -0.1) is 0 Å². The molecule has 1 aliphatic rings. The fraction of sp³-hybridized carbons (Fsp3) is 0.417. The van der Waals surface area contributed by atoms with Crippen LogP contribution < -0.4 is 10.6 Å². The average molecular weight is 238 g/mol. The van der Waals surface area contributed by atoms with Crippen molar-refractivity contribution in [2.24, 2.45) is 5.73 Å². The van der Waals surface area contributed by atoms with Gasteiger partial charge in [0.15, 0.2) is 0 Å². The number of pyridine rings is 1. The van der Waals surface area contributed by atoms with Crippen LogP contribution in [0.2, 0.25) is 5.02 Å². The SMILES string of the molecule is CC1=CCN(c2cc(CN)c(Cl)cn2)CC1. The number of rotatable bonds is 2. The van der Waals surface area contributed by atoms with Crippen molar-refractivity contribution in [3.05, 3.63) is 34.5 Å². The molecular weight excluding hydrogens is 222 g/mol. The van der Waals surface area contributed by atoms with Gasteiger partial charge < -0.3 is 10.6 Å². The molecule has 86 valence electrons. The Kier molecular flexibility index (Phi) is 3.46. The van der Waals surface area contributed by atoms with Gasteiger partial charge in [0.1, 0.15) is 5.82 Å². The summed E-state index contributed by atoms with van der Waals surface area (Å²) in [6.07, 6.45) is 5.02. The number of halogens is 1. The molecule has 0 unspecified atom stereocenters. The van der Waals surface area contributed by atoms with Crippen molar-refractivity contribution in [2.75, 3.05) is 18.0 Å². The van der Waals surface area contributed by atoms with E-state index < -0.39 is 0 Å². The van der Waals surface area contributed by atoms with Crippen LogP contribution in [0.4, 0.5) is 5.82 Å². The Morgan fingerprint density at radius 3 is 3.00 bits per heavy atom. The molecule has 3 nitrogen and oxygen atoms in total. The first-order valence-electron chi connectivity index (χ1n) is 5.46. The van der Waals surface area contributed by atoms with Crippen molar-refractivity contribution in [3.8, 4) is 0 Å². The zero-order valence-electron chi connectivity index (χ0n) is 9.41. The van der Waals surface area contributed by atoms with Gasteiger partial charge in [-0.25, -0.2) is 4.98 Å². The molecule has 0 aromatic carbocycles. The van der Waals surface area contributed by atoms with Gasteiger partial charge in [-0.3, -0.25) is 0 Å². The zero-order chi connectivity index (χ0) is 11.5. The lowest BCUT2D eigenvalue weighted by Gasteiger charge is -2.26. The van der Waals surface area contributed by atoms with Crippen molar-refractivity contribution in [2.45, 2.75) is 19.9 Å². The molecule has 1 aromatic rings. The molecule has 2 N–H and O–H groups in total. The third kappa shape index (κ3) is 2.36. The van der Waals surface area contributed by atoms with Gasteiger partial charge in [-0.2, -0.15) is 0 Å². The molecule has 0 fully saturated rings. The maximum Gasteiger partial charge on any atom is 0.129 e. The molecule has 0 amide bonds. The van der Waals surface area contributed by atoms with Gasteiger partial charge in [-0.1, -0.05) is 23.3 Å². The maximum atomic E-state index is 5.99. The fourth-order valence-corrected chi connectivity index (χ4v) is 1.96. The van der Waals surface area contributed by atoms with Gasteiger partial charge in [0, 0.05) is 25.8 Å². The second-order valence-electron chi connectivity index (χ2n) is 4.08. The highest BCUT2D eigenvalue weighted by Crippen LogP contribution is 2.22. The van der Waals surface area contributed by atoms with Crippen LogP contribution in [-0.4, -0.2) is 18.1 Å². The average Bonchev–Trinajstić information content (AvgIpc) is 2.31. The molecule has 2 heterocycles. The highest BCUT2D eigenvalue weighted by molar-refractivity contribution is 6.31. The molecule has 0 atom stereocenters. The summed E-state index contributed by atoms with van der Waals surface area (Å²) in [5, 5.41) is 0.648. The summed E-state index contributed by atoms with van der Waals surface area (Å²) < 4.78 is 0. The third-order valence-electron chi connectivity index (χ3n) is 2.90. The Hall–Kier alpha value is -1.06. The second kappa shape index (κ2) is 4.85. The van der Waals surface area contributed by atoms with Gasteiger partial charge >= 0.3 is 0 Å². The minimum atomic E-state index is 0.455. The van der Waals surface area contributed by atoms with E-state index in [2.05, 4.69) is 22.9 Å².